The third kappa shape index (κ3) is 1.79. The molecule has 0 bridgehead atoms. The van der Waals surface area contributed by atoms with Gasteiger partial charge in [-0.2, -0.15) is 0 Å². The Bertz CT molecular complexity index is 432. The van der Waals surface area contributed by atoms with Gasteiger partial charge in [0, 0.05) is 7.05 Å². The highest BCUT2D eigenvalue weighted by Crippen LogP contribution is 2.48. The number of benzene rings is 1. The van der Waals surface area contributed by atoms with Crippen LogP contribution in [-0.2, 0) is 10.2 Å². The van der Waals surface area contributed by atoms with Crippen LogP contribution in [0.2, 0.25) is 5.02 Å². The van der Waals surface area contributed by atoms with Crippen LogP contribution in [0, 0.1) is 5.82 Å². The highest BCUT2D eigenvalue weighted by molar-refractivity contribution is 6.30. The van der Waals surface area contributed by atoms with E-state index in [9.17, 15) is 9.18 Å². The molecule has 3 nitrogen and oxygen atoms in total. The summed E-state index contributed by atoms with van der Waals surface area (Å²) in [7, 11) is 1.63. The first-order chi connectivity index (χ1) is 7.60. The Morgan fingerprint density at radius 1 is 1.50 bits per heavy atom. The number of nitrogens with one attached hydrogen (secondary N) is 2. The molecule has 0 atom stereocenters. The second-order valence-electron chi connectivity index (χ2n) is 3.92. The van der Waals surface area contributed by atoms with Gasteiger partial charge in [0.25, 0.3) is 0 Å². The lowest BCUT2D eigenvalue weighted by Gasteiger charge is -2.15. The third-order valence-corrected chi connectivity index (χ3v) is 3.19. The summed E-state index contributed by atoms with van der Waals surface area (Å²) in [5, 5.41) is 0.0565. The van der Waals surface area contributed by atoms with Crippen molar-refractivity contribution in [1.29, 1.82) is 0 Å². The number of hydrogen-bond donors (Lipinski definition) is 2. The lowest BCUT2D eigenvalue weighted by atomic mass is 9.95. The van der Waals surface area contributed by atoms with Crippen LogP contribution in [0.3, 0.4) is 0 Å². The van der Waals surface area contributed by atoms with E-state index >= 15 is 0 Å². The van der Waals surface area contributed by atoms with Crippen molar-refractivity contribution in [1.82, 2.24) is 10.9 Å². The lowest BCUT2D eigenvalue weighted by molar-refractivity contribution is -0.124. The summed E-state index contributed by atoms with van der Waals surface area (Å²) in [6.07, 6.45) is 1.53. The molecule has 0 spiro atoms. The van der Waals surface area contributed by atoms with E-state index in [4.69, 9.17) is 11.6 Å². The number of hydrazine groups is 1. The SMILES string of the molecule is CNNC(=O)C1(c2ccc(F)c(Cl)c2)CC1. The van der Waals surface area contributed by atoms with Gasteiger partial charge in [-0.25, -0.2) is 9.82 Å². The maximum atomic E-state index is 13.0. The first kappa shape index (κ1) is 11.4. The second-order valence-corrected chi connectivity index (χ2v) is 4.32. The van der Waals surface area contributed by atoms with Crippen LogP contribution in [0.4, 0.5) is 4.39 Å². The van der Waals surface area contributed by atoms with Gasteiger partial charge in [0.05, 0.1) is 10.4 Å². The van der Waals surface area contributed by atoms with Crippen LogP contribution >= 0.6 is 11.6 Å². The maximum Gasteiger partial charge on any atom is 0.244 e. The second kappa shape index (κ2) is 4.03. The van der Waals surface area contributed by atoms with Crippen molar-refractivity contribution in [2.45, 2.75) is 18.3 Å². The molecule has 1 saturated carbocycles. The maximum absolute atomic E-state index is 13.0. The van der Waals surface area contributed by atoms with Crippen LogP contribution in [-0.4, -0.2) is 13.0 Å². The molecular weight excluding hydrogens is 231 g/mol. The topological polar surface area (TPSA) is 41.1 Å². The molecule has 1 aliphatic rings. The van der Waals surface area contributed by atoms with Gasteiger partial charge in [-0.3, -0.25) is 10.2 Å². The first-order valence-electron chi connectivity index (χ1n) is 5.03. The third-order valence-electron chi connectivity index (χ3n) is 2.90. The van der Waals surface area contributed by atoms with E-state index < -0.39 is 11.2 Å². The molecular formula is C11H12ClFN2O. The zero-order chi connectivity index (χ0) is 11.8. The fourth-order valence-electron chi connectivity index (χ4n) is 1.80. The van der Waals surface area contributed by atoms with Crippen molar-refractivity contribution in [3.63, 3.8) is 0 Å². The number of halogens is 2. The molecule has 1 amide bonds. The Kier molecular flexibility index (Phi) is 2.86. The normalized spacial score (nSPS) is 16.9. The van der Waals surface area contributed by atoms with Gasteiger partial charge in [-0.05, 0) is 30.5 Å². The van der Waals surface area contributed by atoms with Gasteiger partial charge in [-0.1, -0.05) is 17.7 Å². The van der Waals surface area contributed by atoms with E-state index in [1.165, 1.54) is 12.1 Å². The fraction of sp³-hybridized carbons (Fsp3) is 0.364. The minimum absolute atomic E-state index is 0.0565. The Balaban J connectivity index is 2.30. The van der Waals surface area contributed by atoms with Gasteiger partial charge in [0.15, 0.2) is 0 Å². The molecule has 2 N–H and O–H groups in total. The summed E-state index contributed by atoms with van der Waals surface area (Å²) in [5.41, 5.74) is 5.40. The Morgan fingerprint density at radius 2 is 2.19 bits per heavy atom. The van der Waals surface area contributed by atoms with Crippen LogP contribution in [0.15, 0.2) is 18.2 Å². The molecule has 16 heavy (non-hydrogen) atoms. The molecule has 0 aliphatic heterocycles. The van der Waals surface area contributed by atoms with Crippen molar-refractivity contribution < 1.29 is 9.18 Å². The summed E-state index contributed by atoms with van der Waals surface area (Å²) < 4.78 is 13.0. The van der Waals surface area contributed by atoms with Gasteiger partial charge in [0.1, 0.15) is 5.82 Å². The van der Waals surface area contributed by atoms with E-state index in [1.54, 1.807) is 13.1 Å². The molecule has 0 aromatic heterocycles. The molecule has 0 unspecified atom stereocenters. The van der Waals surface area contributed by atoms with Gasteiger partial charge < -0.3 is 0 Å². The average molecular weight is 243 g/mol. The predicted molar refractivity (Wildman–Crippen MR) is 59.5 cm³/mol. The van der Waals surface area contributed by atoms with Crippen molar-refractivity contribution in [2.24, 2.45) is 0 Å². The van der Waals surface area contributed by atoms with Crippen molar-refractivity contribution in [2.75, 3.05) is 7.05 Å². The summed E-state index contributed by atoms with van der Waals surface area (Å²) in [6.45, 7) is 0. The minimum atomic E-state index is -0.527. The predicted octanol–water partition coefficient (Wildman–Crippen LogP) is 1.76. The van der Waals surface area contributed by atoms with E-state index in [0.29, 0.717) is 0 Å². The zero-order valence-corrected chi connectivity index (χ0v) is 9.57. The van der Waals surface area contributed by atoms with E-state index in [0.717, 1.165) is 18.4 Å². The zero-order valence-electron chi connectivity index (χ0n) is 8.81. The standard InChI is InChI=1S/C11H12ClFN2O/c1-14-15-10(16)11(4-5-11)7-2-3-9(13)8(12)6-7/h2-3,6,14H,4-5H2,1H3,(H,15,16). The summed E-state index contributed by atoms with van der Waals surface area (Å²) in [5.74, 6) is -0.562. The monoisotopic (exact) mass is 242 g/mol. The van der Waals surface area contributed by atoms with Gasteiger partial charge in [-0.15, -0.1) is 0 Å². The molecule has 1 aromatic rings. The van der Waals surface area contributed by atoms with Crippen LogP contribution in [0.25, 0.3) is 0 Å². The molecule has 2 rings (SSSR count). The van der Waals surface area contributed by atoms with E-state index in [-0.39, 0.29) is 10.9 Å². The quantitative estimate of drug-likeness (QED) is 0.793. The average Bonchev–Trinajstić information content (AvgIpc) is 3.03. The molecule has 86 valence electrons. The summed E-state index contributed by atoms with van der Waals surface area (Å²) >= 11 is 5.71. The van der Waals surface area contributed by atoms with Crippen LogP contribution < -0.4 is 10.9 Å². The first-order valence-corrected chi connectivity index (χ1v) is 5.41. The lowest BCUT2D eigenvalue weighted by Crippen LogP contribution is -2.41. The number of amides is 1. The molecule has 5 heteroatoms. The van der Waals surface area contributed by atoms with E-state index in [1.807, 2.05) is 0 Å². The molecule has 0 heterocycles. The Hall–Kier alpha value is -1.13. The number of carbonyl (C=O) groups excluding carboxylic acids is 1. The highest BCUT2D eigenvalue weighted by Gasteiger charge is 2.51. The van der Waals surface area contributed by atoms with Crippen LogP contribution in [0.1, 0.15) is 18.4 Å². The molecule has 1 aromatic carbocycles. The van der Waals surface area contributed by atoms with Crippen molar-refractivity contribution in [3.05, 3.63) is 34.6 Å². The number of hydrogen-bond acceptors (Lipinski definition) is 2. The minimum Gasteiger partial charge on any atom is -0.291 e. The Morgan fingerprint density at radius 3 is 2.69 bits per heavy atom. The molecule has 0 radical (unpaired) electrons. The fourth-order valence-corrected chi connectivity index (χ4v) is 1.98. The smallest absolute Gasteiger partial charge is 0.244 e. The van der Waals surface area contributed by atoms with Gasteiger partial charge in [0.2, 0.25) is 5.91 Å². The Labute approximate surface area is 98.0 Å². The van der Waals surface area contributed by atoms with Crippen molar-refractivity contribution in [3.8, 4) is 0 Å². The number of carbonyl (C=O) groups is 1. The molecule has 1 fully saturated rings. The number of rotatable bonds is 3. The highest BCUT2D eigenvalue weighted by atomic mass is 35.5. The van der Waals surface area contributed by atoms with Crippen LogP contribution in [0.5, 0.6) is 0 Å². The van der Waals surface area contributed by atoms with Crippen molar-refractivity contribution >= 4 is 17.5 Å². The largest absolute Gasteiger partial charge is 0.291 e. The van der Waals surface area contributed by atoms with Gasteiger partial charge >= 0.3 is 0 Å². The van der Waals surface area contributed by atoms with E-state index in [2.05, 4.69) is 10.9 Å². The summed E-state index contributed by atoms with van der Waals surface area (Å²) in [6, 6.07) is 4.44. The summed E-state index contributed by atoms with van der Waals surface area (Å²) in [4.78, 5) is 11.8. The molecule has 1 aliphatic carbocycles. The molecule has 0 saturated heterocycles.